The van der Waals surface area contributed by atoms with Crippen LogP contribution < -0.4 is 5.32 Å². The molecule has 1 aromatic carbocycles. The summed E-state index contributed by atoms with van der Waals surface area (Å²) in [6.45, 7) is 5.49. The first-order valence-electron chi connectivity index (χ1n) is 6.98. The molecule has 1 aliphatic rings. The van der Waals surface area contributed by atoms with Gasteiger partial charge in [-0.25, -0.2) is 4.39 Å². The number of nitro groups is 1. The molecular weight excluding hydrogens is 261 g/mol. The number of benzene rings is 1. The Kier molecular flexibility index (Phi) is 5.03. The molecule has 2 rings (SSSR count). The van der Waals surface area contributed by atoms with Gasteiger partial charge in [0.05, 0.1) is 11.0 Å². The molecule has 0 radical (unpaired) electrons. The molecule has 1 aliphatic heterocycles. The lowest BCUT2D eigenvalue weighted by Crippen LogP contribution is -2.36. The van der Waals surface area contributed by atoms with Crippen LogP contribution in [0.2, 0.25) is 0 Å². The molecule has 0 aromatic heterocycles. The van der Waals surface area contributed by atoms with Crippen molar-refractivity contribution >= 4 is 5.69 Å². The predicted molar refractivity (Wildman–Crippen MR) is 75.0 cm³/mol. The summed E-state index contributed by atoms with van der Waals surface area (Å²) < 4.78 is 13.5. The Morgan fingerprint density at radius 1 is 1.50 bits per heavy atom. The fraction of sp³-hybridized carbons (Fsp3) is 0.571. The number of hydrogen-bond acceptors (Lipinski definition) is 4. The minimum atomic E-state index is -0.548. The Labute approximate surface area is 117 Å². The lowest BCUT2D eigenvalue weighted by molar-refractivity contribution is -0.385. The lowest BCUT2D eigenvalue weighted by Gasteiger charge is -2.27. The lowest BCUT2D eigenvalue weighted by atomic mass is 10.1. The van der Waals surface area contributed by atoms with Gasteiger partial charge in [0.25, 0.3) is 5.69 Å². The van der Waals surface area contributed by atoms with Crippen molar-refractivity contribution in [3.8, 4) is 0 Å². The van der Waals surface area contributed by atoms with Crippen LogP contribution >= 0.6 is 0 Å². The van der Waals surface area contributed by atoms with Crippen LogP contribution in [0, 0.1) is 15.9 Å². The Hall–Kier alpha value is -1.53. The van der Waals surface area contributed by atoms with E-state index in [9.17, 15) is 14.5 Å². The van der Waals surface area contributed by atoms with E-state index in [1.807, 2.05) is 0 Å². The van der Waals surface area contributed by atoms with Crippen molar-refractivity contribution in [3.63, 3.8) is 0 Å². The van der Waals surface area contributed by atoms with E-state index in [-0.39, 0.29) is 5.69 Å². The smallest absolute Gasteiger partial charge is 0.272 e. The number of non-ortho nitro benzene ring substituents is 1. The van der Waals surface area contributed by atoms with E-state index < -0.39 is 10.7 Å². The summed E-state index contributed by atoms with van der Waals surface area (Å²) in [7, 11) is 0. The molecule has 110 valence electrons. The third-order valence-corrected chi connectivity index (χ3v) is 3.60. The predicted octanol–water partition coefficient (Wildman–Crippen LogP) is 2.31. The molecule has 0 bridgehead atoms. The summed E-state index contributed by atoms with van der Waals surface area (Å²) in [4.78, 5) is 12.5. The first-order valence-corrected chi connectivity index (χ1v) is 6.98. The Balaban J connectivity index is 2.14. The summed E-state index contributed by atoms with van der Waals surface area (Å²) in [6, 6.07) is 4.24. The monoisotopic (exact) mass is 281 g/mol. The summed E-state index contributed by atoms with van der Waals surface area (Å²) in [5, 5.41) is 14.1. The molecule has 1 saturated heterocycles. The van der Waals surface area contributed by atoms with Crippen molar-refractivity contribution in [1.82, 2.24) is 10.2 Å². The quantitative estimate of drug-likeness (QED) is 0.642. The highest BCUT2D eigenvalue weighted by molar-refractivity contribution is 5.35. The van der Waals surface area contributed by atoms with Crippen LogP contribution in [0.15, 0.2) is 18.2 Å². The summed E-state index contributed by atoms with van der Waals surface area (Å²) in [5.41, 5.74) is 0.484. The molecule has 1 N–H and O–H groups in total. The van der Waals surface area contributed by atoms with Gasteiger partial charge < -0.3 is 5.32 Å². The number of nitro benzene ring substituents is 1. The van der Waals surface area contributed by atoms with Crippen LogP contribution in [-0.4, -0.2) is 35.5 Å². The SMILES string of the molecule is CCCN(Cc1cc(F)cc([N+](=O)[O-])c1)C1CCNC1. The maximum Gasteiger partial charge on any atom is 0.272 e. The second-order valence-electron chi connectivity index (χ2n) is 5.19. The zero-order valence-electron chi connectivity index (χ0n) is 11.6. The molecule has 20 heavy (non-hydrogen) atoms. The fourth-order valence-electron chi connectivity index (χ4n) is 2.69. The van der Waals surface area contributed by atoms with E-state index in [0.717, 1.165) is 38.5 Å². The highest BCUT2D eigenvalue weighted by atomic mass is 19.1. The van der Waals surface area contributed by atoms with Crippen molar-refractivity contribution in [2.45, 2.75) is 32.4 Å². The molecule has 1 fully saturated rings. The zero-order valence-corrected chi connectivity index (χ0v) is 11.6. The van der Waals surface area contributed by atoms with Gasteiger partial charge in [-0.1, -0.05) is 6.92 Å². The Bertz CT molecular complexity index is 475. The van der Waals surface area contributed by atoms with Gasteiger partial charge in [-0.2, -0.15) is 0 Å². The van der Waals surface area contributed by atoms with Gasteiger partial charge in [0, 0.05) is 25.2 Å². The number of rotatable bonds is 6. The molecule has 1 aromatic rings. The van der Waals surface area contributed by atoms with Crippen LogP contribution in [0.25, 0.3) is 0 Å². The number of nitrogens with zero attached hydrogens (tertiary/aromatic N) is 2. The van der Waals surface area contributed by atoms with Crippen molar-refractivity contribution < 1.29 is 9.31 Å². The number of halogens is 1. The van der Waals surface area contributed by atoms with Crippen LogP contribution in [0.1, 0.15) is 25.3 Å². The largest absolute Gasteiger partial charge is 0.315 e. The highest BCUT2D eigenvalue weighted by Crippen LogP contribution is 2.20. The van der Waals surface area contributed by atoms with Gasteiger partial charge in [-0.05, 0) is 37.6 Å². The Morgan fingerprint density at radius 2 is 2.30 bits per heavy atom. The molecule has 1 heterocycles. The minimum Gasteiger partial charge on any atom is -0.315 e. The maximum absolute atomic E-state index is 13.5. The normalized spacial score (nSPS) is 18.6. The van der Waals surface area contributed by atoms with E-state index in [1.54, 1.807) is 0 Å². The Morgan fingerprint density at radius 3 is 2.90 bits per heavy atom. The van der Waals surface area contributed by atoms with Crippen LogP contribution in [-0.2, 0) is 6.54 Å². The highest BCUT2D eigenvalue weighted by Gasteiger charge is 2.22. The van der Waals surface area contributed by atoms with Crippen molar-refractivity contribution in [2.24, 2.45) is 0 Å². The fourth-order valence-corrected chi connectivity index (χ4v) is 2.69. The molecule has 0 amide bonds. The number of nitrogens with one attached hydrogen (secondary N) is 1. The second-order valence-corrected chi connectivity index (χ2v) is 5.19. The third kappa shape index (κ3) is 3.74. The molecule has 0 aliphatic carbocycles. The average Bonchev–Trinajstić information content (AvgIpc) is 2.91. The molecule has 0 saturated carbocycles. The molecule has 1 unspecified atom stereocenters. The number of hydrogen-bond donors (Lipinski definition) is 1. The first-order chi connectivity index (χ1) is 9.60. The second kappa shape index (κ2) is 6.76. The van der Waals surface area contributed by atoms with E-state index in [2.05, 4.69) is 17.1 Å². The van der Waals surface area contributed by atoms with Crippen molar-refractivity contribution in [2.75, 3.05) is 19.6 Å². The maximum atomic E-state index is 13.5. The van der Waals surface area contributed by atoms with Crippen molar-refractivity contribution in [1.29, 1.82) is 0 Å². The minimum absolute atomic E-state index is 0.180. The summed E-state index contributed by atoms with van der Waals surface area (Å²) in [6.07, 6.45) is 2.07. The molecule has 5 nitrogen and oxygen atoms in total. The first kappa shape index (κ1) is 14.9. The van der Waals surface area contributed by atoms with Crippen molar-refractivity contribution in [3.05, 3.63) is 39.7 Å². The van der Waals surface area contributed by atoms with Gasteiger partial charge in [0.2, 0.25) is 0 Å². The van der Waals surface area contributed by atoms with E-state index >= 15 is 0 Å². The molecular formula is C14H20FN3O2. The molecule has 1 atom stereocenters. The van der Waals surface area contributed by atoms with E-state index in [1.165, 1.54) is 12.1 Å². The van der Waals surface area contributed by atoms with Gasteiger partial charge in [-0.3, -0.25) is 15.0 Å². The topological polar surface area (TPSA) is 58.4 Å². The summed E-state index contributed by atoms with van der Waals surface area (Å²) in [5.74, 6) is -0.546. The molecule has 6 heteroatoms. The summed E-state index contributed by atoms with van der Waals surface area (Å²) >= 11 is 0. The third-order valence-electron chi connectivity index (χ3n) is 3.60. The zero-order chi connectivity index (χ0) is 14.5. The van der Waals surface area contributed by atoms with Gasteiger partial charge in [0.15, 0.2) is 0 Å². The average molecular weight is 281 g/mol. The van der Waals surface area contributed by atoms with Crippen LogP contribution in [0.4, 0.5) is 10.1 Å². The van der Waals surface area contributed by atoms with Gasteiger partial charge in [0.1, 0.15) is 5.82 Å². The van der Waals surface area contributed by atoms with Gasteiger partial charge >= 0.3 is 0 Å². The standard InChI is InChI=1S/C14H20FN3O2/c1-2-5-17(13-3-4-16-9-13)10-11-6-12(15)8-14(7-11)18(19)20/h6-8,13,16H,2-5,9-10H2,1H3. The van der Waals surface area contributed by atoms with Crippen LogP contribution in [0.5, 0.6) is 0 Å². The van der Waals surface area contributed by atoms with Crippen LogP contribution in [0.3, 0.4) is 0 Å². The van der Waals surface area contributed by atoms with E-state index in [4.69, 9.17) is 0 Å². The van der Waals surface area contributed by atoms with Gasteiger partial charge in [-0.15, -0.1) is 0 Å². The van der Waals surface area contributed by atoms with E-state index in [0.29, 0.717) is 18.2 Å². The molecule has 0 spiro atoms.